The summed E-state index contributed by atoms with van der Waals surface area (Å²) in [6, 6.07) is 7.27. The third-order valence-corrected chi connectivity index (χ3v) is 3.90. The summed E-state index contributed by atoms with van der Waals surface area (Å²) in [5.41, 5.74) is 0.925. The molecule has 0 radical (unpaired) electrons. The number of halogens is 1. The number of carboxylic acid groups (broad SMARTS) is 1. The Bertz CT molecular complexity index is 539. The molecule has 1 fully saturated rings. The van der Waals surface area contributed by atoms with Gasteiger partial charge >= 0.3 is 5.97 Å². The van der Waals surface area contributed by atoms with Crippen molar-refractivity contribution in [3.05, 3.63) is 40.9 Å². The first-order chi connectivity index (χ1) is 10.0. The van der Waals surface area contributed by atoms with Gasteiger partial charge in [0, 0.05) is 30.6 Å². The van der Waals surface area contributed by atoms with E-state index in [0.29, 0.717) is 30.5 Å². The summed E-state index contributed by atoms with van der Waals surface area (Å²) in [5.74, 6) is -0.501. The molecule has 0 aromatic heterocycles. The number of carbonyl (C=O) groups is 2. The third kappa shape index (κ3) is 4.90. The molecule has 1 atom stereocenters. The van der Waals surface area contributed by atoms with Crippen molar-refractivity contribution in [3.63, 3.8) is 0 Å². The highest BCUT2D eigenvalue weighted by Crippen LogP contribution is 2.21. The fourth-order valence-corrected chi connectivity index (χ4v) is 2.57. The van der Waals surface area contributed by atoms with Crippen molar-refractivity contribution in [3.8, 4) is 0 Å². The number of rotatable bonds is 5. The summed E-state index contributed by atoms with van der Waals surface area (Å²) in [4.78, 5) is 24.4. The maximum atomic E-state index is 12.1. The minimum Gasteiger partial charge on any atom is -0.481 e. The van der Waals surface area contributed by atoms with Crippen molar-refractivity contribution < 1.29 is 14.7 Å². The molecule has 1 aromatic carbocycles. The molecule has 1 unspecified atom stereocenters. The summed E-state index contributed by atoms with van der Waals surface area (Å²) >= 11 is 5.80. The molecule has 0 bridgehead atoms. The zero-order chi connectivity index (χ0) is 15.2. The molecule has 0 spiro atoms. The minimum absolute atomic E-state index is 0.0252. The van der Waals surface area contributed by atoms with Crippen LogP contribution in [0.4, 0.5) is 0 Å². The number of amides is 1. The molecule has 1 heterocycles. The summed E-state index contributed by atoms with van der Waals surface area (Å²) in [5, 5.41) is 9.34. The van der Waals surface area contributed by atoms with Crippen molar-refractivity contribution >= 4 is 29.6 Å². The van der Waals surface area contributed by atoms with Crippen molar-refractivity contribution in [1.29, 1.82) is 0 Å². The highest BCUT2D eigenvalue weighted by atomic mass is 35.5. The third-order valence-electron chi connectivity index (χ3n) is 3.65. The Hall–Kier alpha value is -1.81. The van der Waals surface area contributed by atoms with Crippen molar-refractivity contribution in [1.82, 2.24) is 4.90 Å². The van der Waals surface area contributed by atoms with Crippen molar-refractivity contribution in [2.45, 2.75) is 19.3 Å². The zero-order valence-electron chi connectivity index (χ0n) is 11.7. The van der Waals surface area contributed by atoms with Crippen molar-refractivity contribution in [2.75, 3.05) is 13.1 Å². The molecule has 112 valence electrons. The van der Waals surface area contributed by atoms with Crippen LogP contribution >= 0.6 is 11.6 Å². The van der Waals surface area contributed by atoms with E-state index in [-0.39, 0.29) is 12.3 Å². The molecule has 0 aliphatic carbocycles. The lowest BCUT2D eigenvalue weighted by atomic mass is 10.0. The summed E-state index contributed by atoms with van der Waals surface area (Å²) in [6.07, 6.45) is 5.02. The van der Waals surface area contributed by atoms with Crippen LogP contribution in [0.5, 0.6) is 0 Å². The largest absolute Gasteiger partial charge is 0.481 e. The second-order valence-corrected chi connectivity index (χ2v) is 5.69. The predicted molar refractivity (Wildman–Crippen MR) is 82.0 cm³/mol. The van der Waals surface area contributed by atoms with Crippen LogP contribution in [0, 0.1) is 5.92 Å². The Kier molecular flexibility index (Phi) is 5.39. The lowest BCUT2D eigenvalue weighted by Gasteiger charge is -2.14. The van der Waals surface area contributed by atoms with Gasteiger partial charge in [0.25, 0.3) is 0 Å². The highest BCUT2D eigenvalue weighted by Gasteiger charge is 2.25. The van der Waals surface area contributed by atoms with Gasteiger partial charge in [-0.2, -0.15) is 0 Å². The highest BCUT2D eigenvalue weighted by molar-refractivity contribution is 6.30. The fourth-order valence-electron chi connectivity index (χ4n) is 2.44. The Morgan fingerprint density at radius 3 is 2.71 bits per heavy atom. The molecule has 1 N–H and O–H groups in total. The maximum absolute atomic E-state index is 12.1. The molecule has 5 heteroatoms. The van der Waals surface area contributed by atoms with Gasteiger partial charge < -0.3 is 10.0 Å². The second-order valence-electron chi connectivity index (χ2n) is 5.26. The number of aliphatic carboxylic acids is 1. The van der Waals surface area contributed by atoms with Crippen LogP contribution in [0.15, 0.2) is 30.3 Å². The van der Waals surface area contributed by atoms with Crippen LogP contribution < -0.4 is 0 Å². The first kappa shape index (κ1) is 15.6. The van der Waals surface area contributed by atoms with Crippen LogP contribution in [0.3, 0.4) is 0 Å². The van der Waals surface area contributed by atoms with Gasteiger partial charge in [-0.1, -0.05) is 23.7 Å². The summed E-state index contributed by atoms with van der Waals surface area (Å²) in [6.45, 7) is 1.35. The quantitative estimate of drug-likeness (QED) is 0.851. The molecule has 1 amide bonds. The number of carbonyl (C=O) groups excluding carboxylic acids is 1. The molecular formula is C16H18ClNO3. The Morgan fingerprint density at radius 2 is 2.05 bits per heavy atom. The van der Waals surface area contributed by atoms with E-state index in [1.807, 2.05) is 12.1 Å². The van der Waals surface area contributed by atoms with Crippen molar-refractivity contribution in [2.24, 2.45) is 5.92 Å². The average molecular weight is 308 g/mol. The molecule has 21 heavy (non-hydrogen) atoms. The lowest BCUT2D eigenvalue weighted by Crippen LogP contribution is -2.26. The van der Waals surface area contributed by atoms with Gasteiger partial charge in [-0.05, 0) is 42.5 Å². The maximum Gasteiger partial charge on any atom is 0.303 e. The zero-order valence-corrected chi connectivity index (χ0v) is 12.4. The molecular weight excluding hydrogens is 290 g/mol. The van der Waals surface area contributed by atoms with Gasteiger partial charge in [-0.25, -0.2) is 0 Å². The van der Waals surface area contributed by atoms with E-state index in [9.17, 15) is 9.59 Å². The van der Waals surface area contributed by atoms with E-state index in [1.54, 1.807) is 29.2 Å². The number of hydrogen-bond acceptors (Lipinski definition) is 2. The number of benzene rings is 1. The summed E-state index contributed by atoms with van der Waals surface area (Å²) < 4.78 is 0. The number of carboxylic acids is 1. The van der Waals surface area contributed by atoms with Crippen LogP contribution in [0.25, 0.3) is 6.08 Å². The summed E-state index contributed by atoms with van der Waals surface area (Å²) in [7, 11) is 0. The second kappa shape index (κ2) is 7.27. The smallest absolute Gasteiger partial charge is 0.303 e. The molecule has 1 aliphatic rings. The molecule has 2 rings (SSSR count). The number of nitrogens with zero attached hydrogens (tertiary/aromatic N) is 1. The van der Waals surface area contributed by atoms with E-state index in [1.165, 1.54) is 0 Å². The Labute approximate surface area is 129 Å². The van der Waals surface area contributed by atoms with Gasteiger partial charge in [0.15, 0.2) is 0 Å². The lowest BCUT2D eigenvalue weighted by molar-refractivity contribution is -0.137. The monoisotopic (exact) mass is 307 g/mol. The van der Waals surface area contributed by atoms with Gasteiger partial charge in [0.2, 0.25) is 5.91 Å². The normalized spacial score (nSPS) is 18.3. The standard InChI is InChI=1S/C16H18ClNO3/c17-14-5-1-12(2-6-14)3-7-15(19)18-10-9-13(11-18)4-8-16(20)21/h1-3,5-7,13H,4,8-11H2,(H,20,21)/b7-3+. The number of hydrogen-bond donors (Lipinski definition) is 1. The van der Waals surface area contributed by atoms with Gasteiger partial charge in [0.05, 0.1) is 0 Å². The molecule has 4 nitrogen and oxygen atoms in total. The first-order valence-corrected chi connectivity index (χ1v) is 7.37. The van der Waals surface area contributed by atoms with Crippen LogP contribution in [-0.2, 0) is 9.59 Å². The van der Waals surface area contributed by atoms with Gasteiger partial charge in [0.1, 0.15) is 0 Å². The Balaban J connectivity index is 1.84. The molecule has 1 aromatic rings. The van der Waals surface area contributed by atoms with Gasteiger partial charge in [-0.3, -0.25) is 9.59 Å². The predicted octanol–water partition coefficient (Wildman–Crippen LogP) is 3.07. The van der Waals surface area contributed by atoms with E-state index >= 15 is 0 Å². The minimum atomic E-state index is -0.776. The Morgan fingerprint density at radius 1 is 1.33 bits per heavy atom. The molecule has 1 aliphatic heterocycles. The average Bonchev–Trinajstić information content (AvgIpc) is 2.93. The molecule has 1 saturated heterocycles. The van der Waals surface area contributed by atoms with Crippen LogP contribution in [0.2, 0.25) is 5.02 Å². The van der Waals surface area contributed by atoms with Crippen LogP contribution in [-0.4, -0.2) is 35.0 Å². The van der Waals surface area contributed by atoms with E-state index in [2.05, 4.69) is 0 Å². The van der Waals surface area contributed by atoms with E-state index in [4.69, 9.17) is 16.7 Å². The SMILES string of the molecule is O=C(O)CCC1CCN(C(=O)/C=C/c2ccc(Cl)cc2)C1. The fraction of sp³-hybridized carbons (Fsp3) is 0.375. The van der Waals surface area contributed by atoms with Gasteiger partial charge in [-0.15, -0.1) is 0 Å². The molecule has 0 saturated carbocycles. The van der Waals surface area contributed by atoms with E-state index in [0.717, 1.165) is 12.0 Å². The first-order valence-electron chi connectivity index (χ1n) is 6.99. The number of likely N-dealkylation sites (tertiary alicyclic amines) is 1. The topological polar surface area (TPSA) is 57.6 Å². The van der Waals surface area contributed by atoms with E-state index < -0.39 is 5.97 Å². The van der Waals surface area contributed by atoms with Crippen LogP contribution in [0.1, 0.15) is 24.8 Å².